The van der Waals surface area contributed by atoms with Crippen molar-refractivity contribution in [3.63, 3.8) is 0 Å². The predicted octanol–water partition coefficient (Wildman–Crippen LogP) is 3.38. The molecule has 3 heteroatoms. The van der Waals surface area contributed by atoms with E-state index in [4.69, 9.17) is 10.5 Å². The maximum absolute atomic E-state index is 5.97. The number of aryl methyl sites for hydroxylation is 1. The van der Waals surface area contributed by atoms with E-state index >= 15 is 0 Å². The van der Waals surface area contributed by atoms with Crippen LogP contribution < -0.4 is 10.5 Å². The second-order valence-electron chi connectivity index (χ2n) is 4.92. The molecule has 3 rings (SSSR count). The Morgan fingerprint density at radius 3 is 2.75 bits per heavy atom. The summed E-state index contributed by atoms with van der Waals surface area (Å²) in [5.74, 6) is 0.876. The third kappa shape index (κ3) is 1.96. The third-order valence-corrected chi connectivity index (χ3v) is 3.64. The minimum atomic E-state index is 0.507. The number of methoxy groups -OCH3 is 1. The van der Waals surface area contributed by atoms with Crippen LogP contribution in [-0.4, -0.2) is 11.5 Å². The van der Waals surface area contributed by atoms with Crippen LogP contribution >= 0.6 is 0 Å². The average Bonchev–Trinajstić information content (AvgIpc) is 2.85. The van der Waals surface area contributed by atoms with Crippen molar-refractivity contribution in [2.24, 2.45) is 5.73 Å². The number of hydrogen-bond acceptors (Lipinski definition) is 2. The Balaban J connectivity index is 2.31. The van der Waals surface area contributed by atoms with E-state index in [1.165, 1.54) is 5.56 Å². The molecule has 20 heavy (non-hydrogen) atoms. The number of aromatic nitrogens is 1. The molecule has 0 aliphatic rings. The van der Waals surface area contributed by atoms with E-state index in [0.717, 1.165) is 28.0 Å². The van der Waals surface area contributed by atoms with Crippen LogP contribution in [0.1, 0.15) is 11.1 Å². The number of nitrogens with zero attached hydrogens (tertiary/aromatic N) is 1. The molecule has 0 bridgehead atoms. The smallest absolute Gasteiger partial charge is 0.126 e. The van der Waals surface area contributed by atoms with Gasteiger partial charge in [0, 0.05) is 30.1 Å². The molecule has 2 N–H and O–H groups in total. The molecular formula is C17H18N2O. The van der Waals surface area contributed by atoms with Crippen molar-refractivity contribution in [3.05, 3.63) is 59.9 Å². The first-order valence-corrected chi connectivity index (χ1v) is 6.68. The Hall–Kier alpha value is -2.26. The molecule has 1 aromatic carbocycles. The summed E-state index contributed by atoms with van der Waals surface area (Å²) in [6.07, 6.45) is 4.16. The van der Waals surface area contributed by atoms with Gasteiger partial charge >= 0.3 is 0 Å². The van der Waals surface area contributed by atoms with E-state index in [-0.39, 0.29) is 0 Å². The maximum atomic E-state index is 5.97. The highest BCUT2D eigenvalue weighted by Gasteiger charge is 2.14. The van der Waals surface area contributed by atoms with Crippen molar-refractivity contribution in [2.45, 2.75) is 13.5 Å². The Labute approximate surface area is 118 Å². The second kappa shape index (κ2) is 5.02. The molecule has 0 amide bonds. The van der Waals surface area contributed by atoms with E-state index in [0.29, 0.717) is 6.54 Å². The van der Waals surface area contributed by atoms with E-state index in [1.54, 1.807) is 7.11 Å². The summed E-state index contributed by atoms with van der Waals surface area (Å²) < 4.78 is 7.61. The van der Waals surface area contributed by atoms with Crippen LogP contribution in [0.3, 0.4) is 0 Å². The molecule has 0 aliphatic carbocycles. The van der Waals surface area contributed by atoms with Gasteiger partial charge in [0.1, 0.15) is 5.75 Å². The number of pyridine rings is 1. The van der Waals surface area contributed by atoms with Crippen LogP contribution in [0.4, 0.5) is 0 Å². The maximum Gasteiger partial charge on any atom is 0.126 e. The second-order valence-corrected chi connectivity index (χ2v) is 4.92. The van der Waals surface area contributed by atoms with Gasteiger partial charge in [-0.1, -0.05) is 17.7 Å². The Morgan fingerprint density at radius 2 is 2.00 bits per heavy atom. The van der Waals surface area contributed by atoms with Gasteiger partial charge in [0.05, 0.1) is 12.6 Å². The molecule has 3 nitrogen and oxygen atoms in total. The number of ether oxygens (including phenoxy) is 1. The van der Waals surface area contributed by atoms with Crippen LogP contribution in [0.25, 0.3) is 16.6 Å². The molecule has 0 atom stereocenters. The Kier molecular flexibility index (Phi) is 3.20. The van der Waals surface area contributed by atoms with Crippen molar-refractivity contribution >= 4 is 5.52 Å². The summed E-state index contributed by atoms with van der Waals surface area (Å²) in [6, 6.07) is 12.4. The lowest BCUT2D eigenvalue weighted by molar-refractivity contribution is 0.416. The van der Waals surface area contributed by atoms with E-state index < -0.39 is 0 Å². The molecule has 0 saturated carbocycles. The highest BCUT2D eigenvalue weighted by Crippen LogP contribution is 2.35. The van der Waals surface area contributed by atoms with E-state index in [2.05, 4.69) is 35.7 Å². The highest BCUT2D eigenvalue weighted by atomic mass is 16.5. The van der Waals surface area contributed by atoms with Gasteiger partial charge in [-0.05, 0) is 36.8 Å². The number of rotatable bonds is 3. The molecule has 102 valence electrons. The predicted molar refractivity (Wildman–Crippen MR) is 82.0 cm³/mol. The zero-order valence-corrected chi connectivity index (χ0v) is 11.8. The normalized spacial score (nSPS) is 10.9. The summed E-state index contributed by atoms with van der Waals surface area (Å²) in [4.78, 5) is 0. The van der Waals surface area contributed by atoms with Gasteiger partial charge in [0.15, 0.2) is 0 Å². The lowest BCUT2D eigenvalue weighted by Crippen LogP contribution is -1.98. The molecule has 0 fully saturated rings. The van der Waals surface area contributed by atoms with Crippen LogP contribution in [0.5, 0.6) is 5.75 Å². The summed E-state index contributed by atoms with van der Waals surface area (Å²) in [7, 11) is 1.70. The number of benzene rings is 1. The molecule has 0 saturated heterocycles. The Bertz CT molecular complexity index is 759. The molecule has 2 aromatic heterocycles. The average molecular weight is 266 g/mol. The first-order chi connectivity index (χ1) is 9.74. The van der Waals surface area contributed by atoms with E-state index in [1.807, 2.05) is 24.4 Å². The molecule has 0 radical (unpaired) electrons. The van der Waals surface area contributed by atoms with Crippen LogP contribution in [-0.2, 0) is 6.54 Å². The molecule has 3 aromatic rings. The molecule has 0 unspecified atom stereocenters. The van der Waals surface area contributed by atoms with Crippen molar-refractivity contribution in [1.82, 2.24) is 4.40 Å². The fourth-order valence-corrected chi connectivity index (χ4v) is 2.66. The van der Waals surface area contributed by atoms with Crippen molar-refractivity contribution in [1.29, 1.82) is 0 Å². The molecular weight excluding hydrogens is 248 g/mol. The van der Waals surface area contributed by atoms with Gasteiger partial charge < -0.3 is 14.9 Å². The molecule has 0 aliphatic heterocycles. The quantitative estimate of drug-likeness (QED) is 0.789. The van der Waals surface area contributed by atoms with Crippen molar-refractivity contribution < 1.29 is 4.74 Å². The van der Waals surface area contributed by atoms with Gasteiger partial charge in [-0.25, -0.2) is 0 Å². The van der Waals surface area contributed by atoms with Gasteiger partial charge in [-0.2, -0.15) is 0 Å². The summed E-state index contributed by atoms with van der Waals surface area (Å²) >= 11 is 0. The molecule has 0 spiro atoms. The van der Waals surface area contributed by atoms with Gasteiger partial charge in [-0.15, -0.1) is 0 Å². The third-order valence-electron chi connectivity index (χ3n) is 3.64. The molecule has 2 heterocycles. The zero-order chi connectivity index (χ0) is 14.1. The fourth-order valence-electron chi connectivity index (χ4n) is 2.66. The summed E-state index contributed by atoms with van der Waals surface area (Å²) in [5, 5.41) is 0. The highest BCUT2D eigenvalue weighted by molar-refractivity contribution is 5.80. The monoisotopic (exact) mass is 266 g/mol. The summed E-state index contributed by atoms with van der Waals surface area (Å²) in [5.41, 5.74) is 11.7. The minimum absolute atomic E-state index is 0.507. The van der Waals surface area contributed by atoms with Gasteiger partial charge in [0.25, 0.3) is 0 Å². The standard InChI is InChI=1S/C17H18N2O/c1-12-6-7-17(20-2)13(9-12)15-11-19-8-4-3-5-16(19)14(15)10-18/h3-9,11H,10,18H2,1-2H3. The van der Waals surface area contributed by atoms with Crippen molar-refractivity contribution in [2.75, 3.05) is 7.11 Å². The first-order valence-electron chi connectivity index (χ1n) is 6.68. The topological polar surface area (TPSA) is 39.7 Å². The van der Waals surface area contributed by atoms with Crippen molar-refractivity contribution in [3.8, 4) is 16.9 Å². The lowest BCUT2D eigenvalue weighted by atomic mass is 10.0. The number of hydrogen-bond donors (Lipinski definition) is 1. The zero-order valence-electron chi connectivity index (χ0n) is 11.8. The lowest BCUT2D eigenvalue weighted by Gasteiger charge is -2.10. The fraction of sp³-hybridized carbons (Fsp3) is 0.176. The SMILES string of the molecule is COc1ccc(C)cc1-c1cn2ccccc2c1CN. The van der Waals surface area contributed by atoms with Crippen LogP contribution in [0.2, 0.25) is 0 Å². The first kappa shape index (κ1) is 12.8. The largest absolute Gasteiger partial charge is 0.496 e. The van der Waals surface area contributed by atoms with Crippen LogP contribution in [0, 0.1) is 6.92 Å². The minimum Gasteiger partial charge on any atom is -0.496 e. The number of fused-ring (bicyclic) bond motifs is 1. The summed E-state index contributed by atoms with van der Waals surface area (Å²) in [6.45, 7) is 2.59. The van der Waals surface area contributed by atoms with Gasteiger partial charge in [0.2, 0.25) is 0 Å². The van der Waals surface area contributed by atoms with Crippen LogP contribution in [0.15, 0.2) is 48.8 Å². The number of nitrogens with two attached hydrogens (primary N) is 1. The van der Waals surface area contributed by atoms with Gasteiger partial charge in [-0.3, -0.25) is 0 Å². The van der Waals surface area contributed by atoms with E-state index in [9.17, 15) is 0 Å². The Morgan fingerprint density at radius 1 is 1.15 bits per heavy atom.